The molecule has 0 aliphatic heterocycles. The Kier molecular flexibility index (Phi) is 4.81. The number of hydrogen-bond donors (Lipinski definition) is 3. The molecule has 0 saturated heterocycles. The molecule has 1 unspecified atom stereocenters. The predicted octanol–water partition coefficient (Wildman–Crippen LogP) is -0.425. The molecule has 1 aliphatic carbocycles. The summed E-state index contributed by atoms with van der Waals surface area (Å²) in [4.78, 5) is 2.08. The molecule has 0 amide bonds. The highest BCUT2D eigenvalue weighted by Crippen LogP contribution is 2.22. The van der Waals surface area contributed by atoms with E-state index in [-0.39, 0.29) is 12.7 Å². The molecule has 0 radical (unpaired) electrons. The molecule has 4 nitrogen and oxygen atoms in total. The highest BCUT2D eigenvalue weighted by atomic mass is 16.3. The number of nitrogens with zero attached hydrogens (tertiary/aromatic N) is 1. The van der Waals surface area contributed by atoms with Crippen LogP contribution in [0.4, 0.5) is 0 Å². The van der Waals surface area contributed by atoms with Gasteiger partial charge in [0.25, 0.3) is 0 Å². The van der Waals surface area contributed by atoms with Gasteiger partial charge in [0.05, 0.1) is 18.8 Å². The van der Waals surface area contributed by atoms with Crippen molar-refractivity contribution < 1.29 is 15.3 Å². The fraction of sp³-hybridized carbons (Fsp3) is 1.00. The molecule has 14 heavy (non-hydrogen) atoms. The van der Waals surface area contributed by atoms with Crippen LogP contribution in [0, 0.1) is 0 Å². The van der Waals surface area contributed by atoms with E-state index in [9.17, 15) is 10.2 Å². The predicted molar refractivity (Wildman–Crippen MR) is 54.0 cm³/mol. The van der Waals surface area contributed by atoms with E-state index in [1.807, 2.05) is 7.05 Å². The lowest BCUT2D eigenvalue weighted by Gasteiger charge is -2.33. The lowest BCUT2D eigenvalue weighted by molar-refractivity contribution is 0.0338. The van der Waals surface area contributed by atoms with Crippen molar-refractivity contribution in [3.8, 4) is 0 Å². The largest absolute Gasteiger partial charge is 0.394 e. The fourth-order valence-electron chi connectivity index (χ4n) is 2.04. The second kappa shape index (κ2) is 5.66. The molecular formula is C10H21NO3. The minimum absolute atomic E-state index is 0.137. The van der Waals surface area contributed by atoms with Gasteiger partial charge in [0.2, 0.25) is 0 Å². The molecule has 0 aromatic carbocycles. The maximum atomic E-state index is 9.33. The standard InChI is InChI=1S/C10H21NO3/c1-11(6-10(14)7-12)8-2-4-9(13)5-3-8/h8-10,12-14H,2-7H2,1H3. The van der Waals surface area contributed by atoms with E-state index in [2.05, 4.69) is 4.90 Å². The average molecular weight is 203 g/mol. The van der Waals surface area contributed by atoms with Crippen molar-refractivity contribution in [2.45, 2.75) is 43.9 Å². The second-order valence-corrected chi connectivity index (χ2v) is 4.24. The second-order valence-electron chi connectivity index (χ2n) is 4.24. The minimum Gasteiger partial charge on any atom is -0.394 e. The molecule has 0 aromatic rings. The number of aliphatic hydroxyl groups excluding tert-OH is 3. The van der Waals surface area contributed by atoms with Crippen LogP contribution < -0.4 is 0 Å². The van der Waals surface area contributed by atoms with Crippen LogP contribution in [-0.2, 0) is 0 Å². The molecular weight excluding hydrogens is 182 g/mol. The van der Waals surface area contributed by atoms with Crippen LogP contribution in [-0.4, -0.2) is 58.7 Å². The van der Waals surface area contributed by atoms with Gasteiger partial charge >= 0.3 is 0 Å². The van der Waals surface area contributed by atoms with Gasteiger partial charge in [-0.05, 0) is 32.7 Å². The van der Waals surface area contributed by atoms with Crippen LogP contribution in [0.1, 0.15) is 25.7 Å². The smallest absolute Gasteiger partial charge is 0.0897 e. The lowest BCUT2D eigenvalue weighted by Crippen LogP contribution is -2.41. The quantitative estimate of drug-likeness (QED) is 0.580. The van der Waals surface area contributed by atoms with Gasteiger partial charge in [-0.3, -0.25) is 0 Å². The summed E-state index contributed by atoms with van der Waals surface area (Å²) in [6, 6.07) is 0.444. The van der Waals surface area contributed by atoms with Gasteiger partial charge in [-0.1, -0.05) is 0 Å². The molecule has 0 aromatic heterocycles. The Bertz CT molecular complexity index is 157. The highest BCUT2D eigenvalue weighted by Gasteiger charge is 2.23. The Labute approximate surface area is 85.2 Å². The van der Waals surface area contributed by atoms with Gasteiger partial charge in [0.15, 0.2) is 0 Å². The third-order valence-corrected chi connectivity index (χ3v) is 3.00. The van der Waals surface area contributed by atoms with Crippen LogP contribution in [0.15, 0.2) is 0 Å². The molecule has 3 N–H and O–H groups in total. The summed E-state index contributed by atoms with van der Waals surface area (Å²) in [6.07, 6.45) is 2.88. The maximum Gasteiger partial charge on any atom is 0.0897 e. The van der Waals surface area contributed by atoms with Crippen LogP contribution in [0.5, 0.6) is 0 Å². The van der Waals surface area contributed by atoms with Crippen molar-refractivity contribution in [2.24, 2.45) is 0 Å². The lowest BCUT2D eigenvalue weighted by atomic mass is 9.92. The molecule has 1 atom stereocenters. The SMILES string of the molecule is CN(CC(O)CO)C1CCC(O)CC1. The third-order valence-electron chi connectivity index (χ3n) is 3.00. The molecule has 0 heterocycles. The van der Waals surface area contributed by atoms with Crippen LogP contribution >= 0.6 is 0 Å². The van der Waals surface area contributed by atoms with Crippen molar-refractivity contribution in [1.29, 1.82) is 0 Å². The summed E-state index contributed by atoms with van der Waals surface area (Å²) in [5.74, 6) is 0. The first-order chi connectivity index (χ1) is 6.63. The summed E-state index contributed by atoms with van der Waals surface area (Å²) >= 11 is 0. The van der Waals surface area contributed by atoms with Crippen molar-refractivity contribution >= 4 is 0 Å². The molecule has 0 spiro atoms. The Morgan fingerprint density at radius 2 is 1.86 bits per heavy atom. The maximum absolute atomic E-state index is 9.33. The first-order valence-corrected chi connectivity index (χ1v) is 5.30. The summed E-state index contributed by atoms with van der Waals surface area (Å²) < 4.78 is 0. The Hall–Kier alpha value is -0.160. The average Bonchev–Trinajstić information content (AvgIpc) is 2.18. The van der Waals surface area contributed by atoms with Gasteiger partial charge in [0.1, 0.15) is 0 Å². The minimum atomic E-state index is -0.646. The van der Waals surface area contributed by atoms with E-state index in [0.29, 0.717) is 12.6 Å². The van der Waals surface area contributed by atoms with Crippen molar-refractivity contribution in [1.82, 2.24) is 4.90 Å². The zero-order chi connectivity index (χ0) is 10.6. The molecule has 4 heteroatoms. The van der Waals surface area contributed by atoms with E-state index in [1.165, 1.54) is 0 Å². The van der Waals surface area contributed by atoms with Crippen molar-refractivity contribution in [3.63, 3.8) is 0 Å². The molecule has 84 valence electrons. The van der Waals surface area contributed by atoms with E-state index in [1.54, 1.807) is 0 Å². The molecule has 1 saturated carbocycles. The number of aliphatic hydroxyl groups is 3. The molecule has 0 bridgehead atoms. The first kappa shape index (κ1) is 11.9. The summed E-state index contributed by atoms with van der Waals surface area (Å²) in [5.41, 5.74) is 0. The zero-order valence-corrected chi connectivity index (χ0v) is 8.76. The molecule has 1 aliphatic rings. The highest BCUT2D eigenvalue weighted by molar-refractivity contribution is 4.78. The summed E-state index contributed by atoms with van der Waals surface area (Å²) in [5, 5.41) is 27.3. The van der Waals surface area contributed by atoms with E-state index in [4.69, 9.17) is 5.11 Å². The van der Waals surface area contributed by atoms with Crippen LogP contribution in [0.3, 0.4) is 0 Å². The van der Waals surface area contributed by atoms with E-state index < -0.39 is 6.10 Å². The van der Waals surface area contributed by atoms with Gasteiger partial charge in [-0.25, -0.2) is 0 Å². The van der Waals surface area contributed by atoms with Gasteiger partial charge in [-0.15, -0.1) is 0 Å². The summed E-state index contributed by atoms with van der Waals surface area (Å²) in [7, 11) is 1.96. The Morgan fingerprint density at radius 3 is 2.36 bits per heavy atom. The molecule has 1 rings (SSSR count). The van der Waals surface area contributed by atoms with Gasteiger partial charge in [0, 0.05) is 12.6 Å². The fourth-order valence-corrected chi connectivity index (χ4v) is 2.04. The number of rotatable bonds is 4. The number of hydrogen-bond acceptors (Lipinski definition) is 4. The topological polar surface area (TPSA) is 63.9 Å². The van der Waals surface area contributed by atoms with Gasteiger partial charge < -0.3 is 20.2 Å². The first-order valence-electron chi connectivity index (χ1n) is 5.30. The Balaban J connectivity index is 2.26. The molecule has 1 fully saturated rings. The van der Waals surface area contributed by atoms with Crippen molar-refractivity contribution in [2.75, 3.05) is 20.2 Å². The van der Waals surface area contributed by atoms with Gasteiger partial charge in [-0.2, -0.15) is 0 Å². The van der Waals surface area contributed by atoms with E-state index in [0.717, 1.165) is 25.7 Å². The summed E-state index contributed by atoms with van der Waals surface area (Å²) in [6.45, 7) is 0.330. The zero-order valence-electron chi connectivity index (χ0n) is 8.76. The van der Waals surface area contributed by atoms with Crippen molar-refractivity contribution in [3.05, 3.63) is 0 Å². The third kappa shape index (κ3) is 3.53. The number of likely N-dealkylation sites (N-methyl/N-ethyl adjacent to an activating group) is 1. The Morgan fingerprint density at radius 1 is 1.29 bits per heavy atom. The monoisotopic (exact) mass is 203 g/mol. The van der Waals surface area contributed by atoms with Crippen LogP contribution in [0.25, 0.3) is 0 Å². The van der Waals surface area contributed by atoms with E-state index >= 15 is 0 Å². The van der Waals surface area contributed by atoms with Crippen LogP contribution in [0.2, 0.25) is 0 Å². The normalized spacial score (nSPS) is 30.6.